The van der Waals surface area contributed by atoms with Crippen LogP contribution in [-0.4, -0.2) is 19.7 Å². The van der Waals surface area contributed by atoms with Gasteiger partial charge < -0.3 is 5.73 Å². The highest BCUT2D eigenvalue weighted by Gasteiger charge is 2.28. The molecule has 0 radical (unpaired) electrons. The molecule has 106 valence electrons. The molecule has 0 amide bonds. The van der Waals surface area contributed by atoms with Crippen LogP contribution in [0.4, 0.5) is 5.82 Å². The zero-order valence-electron chi connectivity index (χ0n) is 12.5. The minimum atomic E-state index is -0.0513. The van der Waals surface area contributed by atoms with Gasteiger partial charge in [0, 0.05) is 36.3 Å². The van der Waals surface area contributed by atoms with Crippen LogP contribution in [-0.2, 0) is 12.5 Å². The summed E-state index contributed by atoms with van der Waals surface area (Å²) < 4.78 is 1.82. The third kappa shape index (κ3) is 2.40. The fraction of sp³-hybridized carbons (Fsp3) is 0.533. The Kier molecular flexibility index (Phi) is 2.81. The van der Waals surface area contributed by atoms with Crippen molar-refractivity contribution in [2.24, 2.45) is 7.05 Å². The minimum Gasteiger partial charge on any atom is -0.384 e. The van der Waals surface area contributed by atoms with Gasteiger partial charge in [0.25, 0.3) is 0 Å². The van der Waals surface area contributed by atoms with Gasteiger partial charge in [-0.3, -0.25) is 4.68 Å². The second kappa shape index (κ2) is 4.30. The van der Waals surface area contributed by atoms with Crippen molar-refractivity contribution in [1.29, 1.82) is 0 Å². The maximum absolute atomic E-state index is 5.95. The van der Waals surface area contributed by atoms with Crippen molar-refractivity contribution in [1.82, 2.24) is 19.7 Å². The number of hydrogen-bond acceptors (Lipinski definition) is 4. The first kappa shape index (κ1) is 13.1. The fourth-order valence-corrected chi connectivity index (χ4v) is 2.40. The Morgan fingerprint density at radius 2 is 1.95 bits per heavy atom. The lowest BCUT2D eigenvalue weighted by Crippen LogP contribution is -2.14. The maximum atomic E-state index is 5.95. The fourth-order valence-electron chi connectivity index (χ4n) is 2.40. The highest BCUT2D eigenvalue weighted by molar-refractivity contribution is 5.61. The van der Waals surface area contributed by atoms with E-state index in [1.54, 1.807) is 0 Å². The molecule has 2 heterocycles. The first-order valence-corrected chi connectivity index (χ1v) is 7.03. The molecule has 1 aliphatic carbocycles. The van der Waals surface area contributed by atoms with Crippen LogP contribution >= 0.6 is 0 Å². The number of hydrogen-bond donors (Lipinski definition) is 1. The lowest BCUT2D eigenvalue weighted by Gasteiger charge is -2.17. The van der Waals surface area contributed by atoms with Crippen LogP contribution in [0.15, 0.2) is 12.3 Å². The van der Waals surface area contributed by atoms with Crippen molar-refractivity contribution in [3.8, 4) is 11.4 Å². The van der Waals surface area contributed by atoms with E-state index >= 15 is 0 Å². The summed E-state index contributed by atoms with van der Waals surface area (Å²) in [4.78, 5) is 9.12. The van der Waals surface area contributed by atoms with Gasteiger partial charge in [-0.25, -0.2) is 9.97 Å². The van der Waals surface area contributed by atoms with Crippen LogP contribution in [0.5, 0.6) is 0 Å². The Labute approximate surface area is 119 Å². The van der Waals surface area contributed by atoms with Crippen LogP contribution in [0, 0.1) is 0 Å². The molecule has 1 saturated carbocycles. The van der Waals surface area contributed by atoms with Crippen molar-refractivity contribution in [2.45, 2.75) is 44.9 Å². The topological polar surface area (TPSA) is 69.6 Å². The maximum Gasteiger partial charge on any atom is 0.165 e. The molecule has 2 aromatic heterocycles. The highest BCUT2D eigenvalue weighted by atomic mass is 15.3. The molecule has 20 heavy (non-hydrogen) atoms. The molecule has 1 aliphatic rings. The van der Waals surface area contributed by atoms with Crippen molar-refractivity contribution in [3.05, 3.63) is 23.7 Å². The van der Waals surface area contributed by atoms with Gasteiger partial charge >= 0.3 is 0 Å². The van der Waals surface area contributed by atoms with Crippen LogP contribution in [0.2, 0.25) is 0 Å². The Morgan fingerprint density at radius 1 is 1.25 bits per heavy atom. The van der Waals surface area contributed by atoms with E-state index in [0.29, 0.717) is 17.6 Å². The third-order valence-corrected chi connectivity index (χ3v) is 3.54. The van der Waals surface area contributed by atoms with Crippen molar-refractivity contribution in [2.75, 3.05) is 5.73 Å². The highest BCUT2D eigenvalue weighted by Crippen LogP contribution is 2.40. The summed E-state index contributed by atoms with van der Waals surface area (Å²) in [6, 6.07) is 1.90. The van der Waals surface area contributed by atoms with Gasteiger partial charge in [-0.2, -0.15) is 5.10 Å². The first-order valence-electron chi connectivity index (χ1n) is 7.03. The average molecular weight is 271 g/mol. The summed E-state index contributed by atoms with van der Waals surface area (Å²) in [6.07, 6.45) is 4.39. The number of rotatable bonds is 2. The molecule has 5 heteroatoms. The molecule has 5 nitrogen and oxygen atoms in total. The van der Waals surface area contributed by atoms with Gasteiger partial charge in [-0.1, -0.05) is 20.8 Å². The molecule has 0 spiro atoms. The van der Waals surface area contributed by atoms with Crippen LogP contribution in [0.3, 0.4) is 0 Å². The van der Waals surface area contributed by atoms with Gasteiger partial charge in [0.05, 0.1) is 11.3 Å². The average Bonchev–Trinajstić information content (AvgIpc) is 3.10. The van der Waals surface area contributed by atoms with Gasteiger partial charge in [0.2, 0.25) is 0 Å². The minimum absolute atomic E-state index is 0.0513. The molecule has 3 rings (SSSR count). The molecule has 0 aromatic carbocycles. The molecule has 0 unspecified atom stereocenters. The van der Waals surface area contributed by atoms with E-state index in [1.165, 1.54) is 12.8 Å². The van der Waals surface area contributed by atoms with E-state index in [9.17, 15) is 0 Å². The van der Waals surface area contributed by atoms with Crippen molar-refractivity contribution >= 4 is 5.82 Å². The van der Waals surface area contributed by atoms with E-state index in [1.807, 2.05) is 24.0 Å². The smallest absolute Gasteiger partial charge is 0.165 e. The summed E-state index contributed by atoms with van der Waals surface area (Å²) in [5.41, 5.74) is 8.95. The first-order chi connectivity index (χ1) is 9.34. The number of nitrogens with zero attached hydrogens (tertiary/aromatic N) is 4. The molecular weight excluding hydrogens is 250 g/mol. The predicted molar refractivity (Wildman–Crippen MR) is 79.3 cm³/mol. The number of anilines is 1. The molecule has 1 fully saturated rings. The summed E-state index contributed by atoms with van der Waals surface area (Å²) in [7, 11) is 1.92. The largest absolute Gasteiger partial charge is 0.384 e. The van der Waals surface area contributed by atoms with Crippen LogP contribution in [0.1, 0.15) is 50.9 Å². The second-order valence-corrected chi connectivity index (χ2v) is 6.63. The number of nitrogen functional groups attached to an aromatic ring is 1. The zero-order chi connectivity index (χ0) is 14.5. The monoisotopic (exact) mass is 271 g/mol. The Bertz CT molecular complexity index is 647. The predicted octanol–water partition coefficient (Wildman–Crippen LogP) is 2.63. The number of aryl methyl sites for hydroxylation is 1. The van der Waals surface area contributed by atoms with Crippen LogP contribution in [0.25, 0.3) is 11.4 Å². The molecule has 2 aromatic rings. The Balaban J connectivity index is 2.13. The standard InChI is InChI=1S/C15H21N5/c1-15(2,3)13-10(8-20(4)19-13)14-17-11(9-5-6-9)7-12(16)18-14/h7-9H,5-6H2,1-4H3,(H2,16,17,18). The normalized spacial score (nSPS) is 15.6. The van der Waals surface area contributed by atoms with Gasteiger partial charge in [-0.05, 0) is 12.8 Å². The second-order valence-electron chi connectivity index (χ2n) is 6.63. The van der Waals surface area contributed by atoms with Crippen molar-refractivity contribution in [3.63, 3.8) is 0 Å². The number of nitrogens with two attached hydrogens (primary N) is 1. The summed E-state index contributed by atoms with van der Waals surface area (Å²) in [6.45, 7) is 6.44. The molecule has 0 aliphatic heterocycles. The summed E-state index contributed by atoms with van der Waals surface area (Å²) in [5, 5.41) is 4.57. The van der Waals surface area contributed by atoms with Crippen LogP contribution < -0.4 is 5.73 Å². The lowest BCUT2D eigenvalue weighted by atomic mass is 9.89. The molecule has 0 bridgehead atoms. The molecular formula is C15H21N5. The van der Waals surface area contributed by atoms with E-state index in [0.717, 1.165) is 17.0 Å². The van der Waals surface area contributed by atoms with E-state index in [4.69, 9.17) is 10.7 Å². The van der Waals surface area contributed by atoms with E-state index in [-0.39, 0.29) is 5.41 Å². The van der Waals surface area contributed by atoms with Crippen molar-refractivity contribution < 1.29 is 0 Å². The lowest BCUT2D eigenvalue weighted by molar-refractivity contribution is 0.554. The Morgan fingerprint density at radius 3 is 2.55 bits per heavy atom. The Hall–Kier alpha value is -1.91. The van der Waals surface area contributed by atoms with Gasteiger partial charge in [0.1, 0.15) is 5.82 Å². The number of aromatic nitrogens is 4. The summed E-state index contributed by atoms with van der Waals surface area (Å²) in [5.74, 6) is 1.80. The zero-order valence-corrected chi connectivity index (χ0v) is 12.5. The van der Waals surface area contributed by atoms with E-state index in [2.05, 4.69) is 30.9 Å². The molecule has 2 N–H and O–H groups in total. The molecule has 0 atom stereocenters. The quantitative estimate of drug-likeness (QED) is 0.911. The summed E-state index contributed by atoms with van der Waals surface area (Å²) >= 11 is 0. The molecule has 0 saturated heterocycles. The van der Waals surface area contributed by atoms with Gasteiger partial charge in [0.15, 0.2) is 5.82 Å². The SMILES string of the molecule is Cn1cc(-c2nc(N)cc(C3CC3)n2)c(C(C)(C)C)n1. The van der Waals surface area contributed by atoms with E-state index < -0.39 is 0 Å². The van der Waals surface area contributed by atoms with Gasteiger partial charge in [-0.15, -0.1) is 0 Å². The third-order valence-electron chi connectivity index (χ3n) is 3.54.